The molecule has 2 aromatic carbocycles. The molecular formula is C23H18ClFN4O2. The molecule has 31 heavy (non-hydrogen) atoms. The van der Waals surface area contributed by atoms with Gasteiger partial charge in [0.2, 0.25) is 0 Å². The molecule has 0 fully saturated rings. The summed E-state index contributed by atoms with van der Waals surface area (Å²) in [5, 5.41) is 11.0. The molecule has 156 valence electrons. The lowest BCUT2D eigenvalue weighted by Crippen LogP contribution is -2.32. The van der Waals surface area contributed by atoms with Gasteiger partial charge in [0.25, 0.3) is 5.91 Å². The van der Waals surface area contributed by atoms with Crippen molar-refractivity contribution in [2.24, 2.45) is 0 Å². The number of benzene rings is 2. The van der Waals surface area contributed by atoms with Gasteiger partial charge < -0.3 is 10.6 Å². The molecule has 0 spiro atoms. The quantitative estimate of drug-likeness (QED) is 0.609. The molecule has 0 saturated heterocycles. The van der Waals surface area contributed by atoms with Crippen molar-refractivity contribution in [2.75, 3.05) is 10.6 Å². The highest BCUT2D eigenvalue weighted by atomic mass is 35.5. The fraction of sp³-hybridized carbons (Fsp3) is 0.174. The third-order valence-corrected chi connectivity index (χ3v) is 5.93. The summed E-state index contributed by atoms with van der Waals surface area (Å²) < 4.78 is 14.8. The molecule has 2 heterocycles. The van der Waals surface area contributed by atoms with Crippen LogP contribution in [0.2, 0.25) is 5.02 Å². The number of hydrogen-bond donors (Lipinski definition) is 2. The largest absolute Gasteiger partial charge is 0.343 e. The zero-order valence-corrected chi connectivity index (χ0v) is 17.1. The Morgan fingerprint density at radius 2 is 1.94 bits per heavy atom. The van der Waals surface area contributed by atoms with Crippen molar-refractivity contribution in [1.82, 2.24) is 9.78 Å². The third kappa shape index (κ3) is 3.41. The normalized spacial score (nSPS) is 17.6. The number of Topliss-reactive ketones (excluding diaryl/α,β-unsaturated/α-hetero) is 1. The highest BCUT2D eigenvalue weighted by molar-refractivity contribution is 6.31. The zero-order chi connectivity index (χ0) is 21.5. The second-order valence-electron chi connectivity index (χ2n) is 7.53. The first kappa shape index (κ1) is 19.5. The van der Waals surface area contributed by atoms with Crippen molar-refractivity contribution in [3.05, 3.63) is 88.0 Å². The average molecular weight is 437 g/mol. The SMILES string of the molecule is O=C1CCCC2=C1[C@H](c1ccccc1Cl)n1ncc(C(=O)Nc3ccc(F)cc3)c1N2. The van der Waals surface area contributed by atoms with Gasteiger partial charge >= 0.3 is 0 Å². The summed E-state index contributed by atoms with van der Waals surface area (Å²) >= 11 is 6.49. The fourth-order valence-corrected chi connectivity index (χ4v) is 4.38. The van der Waals surface area contributed by atoms with Crippen LogP contribution in [0.1, 0.15) is 41.2 Å². The number of nitrogens with one attached hydrogen (secondary N) is 2. The number of carbonyl (C=O) groups excluding carboxylic acids is 2. The number of anilines is 2. The van der Waals surface area contributed by atoms with Crippen molar-refractivity contribution in [1.29, 1.82) is 0 Å². The number of amides is 1. The Morgan fingerprint density at radius 1 is 1.16 bits per heavy atom. The van der Waals surface area contributed by atoms with Gasteiger partial charge in [-0.05, 0) is 48.7 Å². The van der Waals surface area contributed by atoms with Gasteiger partial charge in [0.05, 0.1) is 6.20 Å². The van der Waals surface area contributed by atoms with Gasteiger partial charge in [0, 0.05) is 28.4 Å². The summed E-state index contributed by atoms with van der Waals surface area (Å²) in [4.78, 5) is 25.8. The van der Waals surface area contributed by atoms with E-state index in [-0.39, 0.29) is 17.5 Å². The van der Waals surface area contributed by atoms with E-state index in [9.17, 15) is 14.0 Å². The summed E-state index contributed by atoms with van der Waals surface area (Å²) in [6.07, 6.45) is 3.38. The Kier molecular flexibility index (Phi) is 4.82. The minimum Gasteiger partial charge on any atom is -0.343 e. The number of halogens is 2. The van der Waals surface area contributed by atoms with Crippen LogP contribution >= 0.6 is 11.6 Å². The van der Waals surface area contributed by atoms with Crippen LogP contribution < -0.4 is 10.6 Å². The average Bonchev–Trinajstić information content (AvgIpc) is 3.18. The summed E-state index contributed by atoms with van der Waals surface area (Å²) in [5.74, 6) is -0.217. The van der Waals surface area contributed by atoms with E-state index in [2.05, 4.69) is 15.7 Å². The molecule has 2 aliphatic rings. The number of aromatic nitrogens is 2. The topological polar surface area (TPSA) is 76.0 Å². The minimum atomic E-state index is -0.514. The Labute approximate surface area is 182 Å². The molecule has 1 aliphatic carbocycles. The number of ketones is 1. The van der Waals surface area contributed by atoms with Crippen LogP contribution in [0.25, 0.3) is 0 Å². The van der Waals surface area contributed by atoms with Crippen molar-refractivity contribution < 1.29 is 14.0 Å². The van der Waals surface area contributed by atoms with Crippen LogP contribution in [0.5, 0.6) is 0 Å². The molecule has 1 aliphatic heterocycles. The van der Waals surface area contributed by atoms with E-state index in [0.717, 1.165) is 17.7 Å². The van der Waals surface area contributed by atoms with E-state index in [1.807, 2.05) is 18.2 Å². The van der Waals surface area contributed by atoms with Gasteiger partial charge in [0.1, 0.15) is 23.2 Å². The second-order valence-corrected chi connectivity index (χ2v) is 7.94. The van der Waals surface area contributed by atoms with E-state index in [1.165, 1.54) is 30.5 Å². The van der Waals surface area contributed by atoms with Gasteiger partial charge in [-0.1, -0.05) is 29.8 Å². The van der Waals surface area contributed by atoms with Crippen LogP contribution in [-0.2, 0) is 4.79 Å². The summed E-state index contributed by atoms with van der Waals surface area (Å²) in [7, 11) is 0. The maximum atomic E-state index is 13.2. The minimum absolute atomic E-state index is 0.0529. The molecule has 1 amide bonds. The lowest BCUT2D eigenvalue weighted by Gasteiger charge is -2.33. The van der Waals surface area contributed by atoms with Crippen LogP contribution in [0.3, 0.4) is 0 Å². The summed E-state index contributed by atoms with van der Waals surface area (Å²) in [5.41, 5.74) is 2.98. The Bertz CT molecular complexity index is 1230. The number of hydrogen-bond acceptors (Lipinski definition) is 4. The lowest BCUT2D eigenvalue weighted by molar-refractivity contribution is -0.116. The van der Waals surface area contributed by atoms with Gasteiger partial charge in [-0.3, -0.25) is 9.59 Å². The highest BCUT2D eigenvalue weighted by Gasteiger charge is 2.38. The van der Waals surface area contributed by atoms with Gasteiger partial charge in [-0.2, -0.15) is 5.10 Å². The van der Waals surface area contributed by atoms with Gasteiger partial charge in [-0.15, -0.1) is 0 Å². The molecule has 8 heteroatoms. The molecule has 1 aromatic heterocycles. The Hall–Kier alpha value is -3.45. The molecule has 3 aromatic rings. The Morgan fingerprint density at radius 3 is 2.71 bits per heavy atom. The first-order valence-electron chi connectivity index (χ1n) is 9.95. The molecular weight excluding hydrogens is 419 g/mol. The van der Waals surface area contributed by atoms with E-state index in [1.54, 1.807) is 10.7 Å². The number of fused-ring (bicyclic) bond motifs is 1. The van der Waals surface area contributed by atoms with Crippen molar-refractivity contribution >= 4 is 34.8 Å². The van der Waals surface area contributed by atoms with Crippen LogP contribution in [-0.4, -0.2) is 21.5 Å². The number of rotatable bonds is 3. The molecule has 5 rings (SSSR count). The Balaban J connectivity index is 1.58. The third-order valence-electron chi connectivity index (χ3n) is 5.59. The summed E-state index contributed by atoms with van der Waals surface area (Å²) in [6.45, 7) is 0. The number of allylic oxidation sites excluding steroid dienone is 2. The fourth-order valence-electron chi connectivity index (χ4n) is 4.14. The molecule has 0 bridgehead atoms. The molecule has 0 saturated carbocycles. The van der Waals surface area contributed by atoms with Crippen molar-refractivity contribution in [3.63, 3.8) is 0 Å². The standard InChI is InChI=1S/C23H18ClFN4O2/c24-17-5-2-1-4-15(17)21-20-18(6-3-7-19(20)30)28-22-16(12-26-29(21)22)23(31)27-14-10-8-13(25)9-11-14/h1-2,4-5,8-12,21,28H,3,6-7H2,(H,27,31)/t21-/m0/s1. The first-order chi connectivity index (χ1) is 15.0. The zero-order valence-electron chi connectivity index (χ0n) is 16.4. The lowest BCUT2D eigenvalue weighted by atomic mass is 9.85. The maximum Gasteiger partial charge on any atom is 0.261 e. The monoisotopic (exact) mass is 436 g/mol. The predicted molar refractivity (Wildman–Crippen MR) is 116 cm³/mol. The molecule has 6 nitrogen and oxygen atoms in total. The van der Waals surface area contributed by atoms with Crippen molar-refractivity contribution in [3.8, 4) is 0 Å². The maximum absolute atomic E-state index is 13.2. The van der Waals surface area contributed by atoms with Gasteiger partial charge in [-0.25, -0.2) is 9.07 Å². The van der Waals surface area contributed by atoms with Crippen LogP contribution in [0, 0.1) is 5.82 Å². The summed E-state index contributed by atoms with van der Waals surface area (Å²) in [6, 6.07) is 12.4. The molecule has 2 N–H and O–H groups in total. The second kappa shape index (κ2) is 7.67. The molecule has 0 unspecified atom stereocenters. The van der Waals surface area contributed by atoms with Crippen LogP contribution in [0.15, 0.2) is 66.0 Å². The molecule has 0 radical (unpaired) electrons. The number of carbonyl (C=O) groups is 2. The van der Waals surface area contributed by atoms with E-state index < -0.39 is 6.04 Å². The van der Waals surface area contributed by atoms with Gasteiger partial charge in [0.15, 0.2) is 5.78 Å². The van der Waals surface area contributed by atoms with Crippen LogP contribution in [0.4, 0.5) is 15.9 Å². The van der Waals surface area contributed by atoms with Crippen molar-refractivity contribution in [2.45, 2.75) is 25.3 Å². The first-order valence-corrected chi connectivity index (χ1v) is 10.3. The molecule has 1 atom stereocenters. The smallest absolute Gasteiger partial charge is 0.261 e. The van der Waals surface area contributed by atoms with E-state index in [4.69, 9.17) is 11.6 Å². The highest BCUT2D eigenvalue weighted by Crippen LogP contribution is 2.43. The number of nitrogens with zero attached hydrogens (tertiary/aromatic N) is 2. The van der Waals surface area contributed by atoms with E-state index >= 15 is 0 Å². The van der Waals surface area contributed by atoms with E-state index in [0.29, 0.717) is 40.5 Å². The predicted octanol–water partition coefficient (Wildman–Crippen LogP) is 4.95.